The summed E-state index contributed by atoms with van der Waals surface area (Å²) in [6.45, 7) is 3.39. The van der Waals surface area contributed by atoms with E-state index in [0.29, 0.717) is 12.8 Å². The molecule has 0 aliphatic heterocycles. The van der Waals surface area contributed by atoms with Crippen molar-refractivity contribution in [1.82, 2.24) is 0 Å². The van der Waals surface area contributed by atoms with Gasteiger partial charge in [-0.25, -0.2) is 0 Å². The molecule has 2 unspecified atom stereocenters. The summed E-state index contributed by atoms with van der Waals surface area (Å²) in [6, 6.07) is -0.730. The standard InChI is InChI=1S/C11H22N2O2/c1-8(12)10(14)6-4-3-5-7-11(15)9(2)13/h8-9H,3-7,12-13H2,1-2H3. The summed E-state index contributed by atoms with van der Waals surface area (Å²) >= 11 is 0. The summed E-state index contributed by atoms with van der Waals surface area (Å²) in [6.07, 6.45) is 3.55. The number of Topliss-reactive ketones (excluding diaryl/α,β-unsaturated/α-hetero) is 2. The van der Waals surface area contributed by atoms with Crippen LogP contribution in [0.5, 0.6) is 0 Å². The Morgan fingerprint density at radius 1 is 0.867 bits per heavy atom. The molecule has 0 aromatic heterocycles. The third-order valence-electron chi connectivity index (χ3n) is 2.36. The van der Waals surface area contributed by atoms with Crippen molar-refractivity contribution in [3.63, 3.8) is 0 Å². The molecular formula is C11H22N2O2. The zero-order valence-electron chi connectivity index (χ0n) is 9.66. The van der Waals surface area contributed by atoms with E-state index in [2.05, 4.69) is 0 Å². The second-order valence-corrected chi connectivity index (χ2v) is 4.07. The normalized spacial score (nSPS) is 14.7. The fourth-order valence-corrected chi connectivity index (χ4v) is 1.23. The van der Waals surface area contributed by atoms with E-state index >= 15 is 0 Å². The SMILES string of the molecule is CC(N)C(=O)CCCCCC(=O)C(C)N. The molecule has 0 amide bonds. The lowest BCUT2D eigenvalue weighted by Gasteiger charge is -2.05. The molecule has 0 saturated heterocycles. The van der Waals surface area contributed by atoms with Crippen LogP contribution in [0.1, 0.15) is 46.0 Å². The van der Waals surface area contributed by atoms with Gasteiger partial charge in [0.15, 0.2) is 0 Å². The Kier molecular flexibility index (Phi) is 7.17. The minimum absolute atomic E-state index is 0.0912. The Hall–Kier alpha value is -0.740. The molecule has 88 valence electrons. The van der Waals surface area contributed by atoms with Crippen molar-refractivity contribution in [2.75, 3.05) is 0 Å². The zero-order valence-corrected chi connectivity index (χ0v) is 9.66. The summed E-state index contributed by atoms with van der Waals surface area (Å²) in [4.78, 5) is 22.3. The predicted octanol–water partition coefficient (Wildman–Crippen LogP) is 0.769. The first-order valence-electron chi connectivity index (χ1n) is 5.51. The maximum absolute atomic E-state index is 11.1. The highest BCUT2D eigenvalue weighted by Gasteiger charge is 2.08. The monoisotopic (exact) mass is 214 g/mol. The number of unbranched alkanes of at least 4 members (excludes halogenated alkanes) is 2. The van der Waals surface area contributed by atoms with Crippen LogP contribution in [0, 0.1) is 0 Å². The van der Waals surface area contributed by atoms with Gasteiger partial charge < -0.3 is 11.5 Å². The summed E-state index contributed by atoms with van der Waals surface area (Å²) in [7, 11) is 0. The molecular weight excluding hydrogens is 192 g/mol. The van der Waals surface area contributed by atoms with E-state index in [1.54, 1.807) is 13.8 Å². The molecule has 0 saturated carbocycles. The number of carbonyl (C=O) groups excluding carboxylic acids is 2. The lowest BCUT2D eigenvalue weighted by Crippen LogP contribution is -2.26. The van der Waals surface area contributed by atoms with Gasteiger partial charge >= 0.3 is 0 Å². The van der Waals surface area contributed by atoms with E-state index < -0.39 is 0 Å². The number of nitrogens with two attached hydrogens (primary N) is 2. The van der Waals surface area contributed by atoms with E-state index in [1.807, 2.05) is 0 Å². The van der Waals surface area contributed by atoms with Crippen LogP contribution in [0.15, 0.2) is 0 Å². The summed E-state index contributed by atoms with van der Waals surface area (Å²) < 4.78 is 0. The molecule has 2 atom stereocenters. The Bertz CT molecular complexity index is 191. The second-order valence-electron chi connectivity index (χ2n) is 4.07. The molecule has 0 radical (unpaired) electrons. The smallest absolute Gasteiger partial charge is 0.149 e. The van der Waals surface area contributed by atoms with Crippen molar-refractivity contribution < 1.29 is 9.59 Å². The lowest BCUT2D eigenvalue weighted by atomic mass is 10.0. The topological polar surface area (TPSA) is 86.2 Å². The number of carbonyl (C=O) groups is 2. The Labute approximate surface area is 91.4 Å². The maximum Gasteiger partial charge on any atom is 0.149 e. The van der Waals surface area contributed by atoms with Crippen molar-refractivity contribution in [3.05, 3.63) is 0 Å². The minimum Gasteiger partial charge on any atom is -0.322 e. The Morgan fingerprint density at radius 3 is 1.47 bits per heavy atom. The highest BCUT2D eigenvalue weighted by molar-refractivity contribution is 5.83. The lowest BCUT2D eigenvalue weighted by molar-refractivity contribution is -0.120. The third-order valence-corrected chi connectivity index (χ3v) is 2.36. The quantitative estimate of drug-likeness (QED) is 0.584. The third kappa shape index (κ3) is 7.22. The van der Waals surface area contributed by atoms with E-state index in [1.165, 1.54) is 0 Å². The van der Waals surface area contributed by atoms with Gasteiger partial charge in [0.25, 0.3) is 0 Å². The molecule has 0 aromatic rings. The van der Waals surface area contributed by atoms with Gasteiger partial charge in [0.2, 0.25) is 0 Å². The molecule has 0 aromatic carbocycles. The van der Waals surface area contributed by atoms with Gasteiger partial charge in [-0.2, -0.15) is 0 Å². The van der Waals surface area contributed by atoms with Gasteiger partial charge in [-0.3, -0.25) is 9.59 Å². The van der Waals surface area contributed by atoms with Gasteiger partial charge in [-0.15, -0.1) is 0 Å². The molecule has 4 nitrogen and oxygen atoms in total. The Balaban J connectivity index is 3.40. The number of ketones is 2. The van der Waals surface area contributed by atoms with Crippen LogP contribution < -0.4 is 11.5 Å². The fraction of sp³-hybridized carbons (Fsp3) is 0.818. The van der Waals surface area contributed by atoms with E-state index in [4.69, 9.17) is 11.5 Å². The van der Waals surface area contributed by atoms with Crippen LogP contribution >= 0.6 is 0 Å². The van der Waals surface area contributed by atoms with E-state index in [0.717, 1.165) is 19.3 Å². The van der Waals surface area contributed by atoms with Gasteiger partial charge in [0.05, 0.1) is 12.1 Å². The van der Waals surface area contributed by atoms with Crippen LogP contribution in [0.2, 0.25) is 0 Å². The largest absolute Gasteiger partial charge is 0.322 e. The van der Waals surface area contributed by atoms with Crippen molar-refractivity contribution >= 4 is 11.6 Å². The van der Waals surface area contributed by atoms with Gasteiger partial charge in [0, 0.05) is 12.8 Å². The highest BCUT2D eigenvalue weighted by atomic mass is 16.1. The molecule has 0 aliphatic carbocycles. The van der Waals surface area contributed by atoms with Gasteiger partial charge in [-0.05, 0) is 26.7 Å². The van der Waals surface area contributed by atoms with Crippen molar-refractivity contribution in [2.45, 2.75) is 58.0 Å². The fourth-order valence-electron chi connectivity index (χ4n) is 1.23. The molecule has 4 N–H and O–H groups in total. The van der Waals surface area contributed by atoms with Gasteiger partial charge in [-0.1, -0.05) is 6.42 Å². The molecule has 0 rings (SSSR count). The van der Waals surface area contributed by atoms with Crippen LogP contribution in [0.25, 0.3) is 0 Å². The zero-order chi connectivity index (χ0) is 11.8. The molecule has 4 heteroatoms. The van der Waals surface area contributed by atoms with Crippen molar-refractivity contribution in [1.29, 1.82) is 0 Å². The van der Waals surface area contributed by atoms with Crippen LogP contribution in [-0.4, -0.2) is 23.7 Å². The highest BCUT2D eigenvalue weighted by Crippen LogP contribution is 2.05. The molecule has 0 bridgehead atoms. The van der Waals surface area contributed by atoms with E-state index in [-0.39, 0.29) is 23.7 Å². The average Bonchev–Trinajstić information content (AvgIpc) is 2.16. The number of hydrogen-bond donors (Lipinski definition) is 2. The first-order valence-corrected chi connectivity index (χ1v) is 5.51. The predicted molar refractivity (Wildman–Crippen MR) is 60.4 cm³/mol. The van der Waals surface area contributed by atoms with Crippen LogP contribution in [0.3, 0.4) is 0 Å². The molecule has 0 heterocycles. The number of hydrogen-bond acceptors (Lipinski definition) is 4. The maximum atomic E-state index is 11.1. The summed E-state index contributed by atoms with van der Waals surface area (Å²) in [5, 5.41) is 0. The first-order chi connectivity index (χ1) is 6.95. The van der Waals surface area contributed by atoms with Crippen molar-refractivity contribution in [2.24, 2.45) is 11.5 Å². The molecule has 0 aliphatic rings. The Morgan fingerprint density at radius 2 is 1.20 bits per heavy atom. The number of rotatable bonds is 8. The summed E-state index contributed by atoms with van der Waals surface area (Å²) in [5.74, 6) is 0.182. The first kappa shape index (κ1) is 14.3. The van der Waals surface area contributed by atoms with E-state index in [9.17, 15) is 9.59 Å². The van der Waals surface area contributed by atoms with Crippen molar-refractivity contribution in [3.8, 4) is 0 Å². The van der Waals surface area contributed by atoms with Gasteiger partial charge in [0.1, 0.15) is 11.6 Å². The van der Waals surface area contributed by atoms with Crippen LogP contribution in [-0.2, 0) is 9.59 Å². The minimum atomic E-state index is -0.365. The summed E-state index contributed by atoms with van der Waals surface area (Å²) in [5.41, 5.74) is 10.8. The molecule has 0 spiro atoms. The average molecular weight is 214 g/mol. The second kappa shape index (κ2) is 7.54. The van der Waals surface area contributed by atoms with Crippen LogP contribution in [0.4, 0.5) is 0 Å². The molecule has 0 fully saturated rings. The molecule has 15 heavy (non-hydrogen) atoms.